The highest BCUT2D eigenvalue weighted by Gasteiger charge is 2.37. The molecule has 1 aliphatic heterocycles. The zero-order valence-electron chi connectivity index (χ0n) is 9.84. The third-order valence-electron chi connectivity index (χ3n) is 2.87. The van der Waals surface area contributed by atoms with Crippen molar-refractivity contribution >= 4 is 17.6 Å². The maximum atomic E-state index is 13.7. The standard InChI is InChI=1S/C12H13FN2O3/c1-14-6-10(12(17)18)15(11(16)7-14)9-5-3-2-4-8(9)13/h2-5,10H,6-7H2,1H3,(H,17,18). The van der Waals surface area contributed by atoms with Gasteiger partial charge in [-0.2, -0.15) is 0 Å². The van der Waals surface area contributed by atoms with Crippen LogP contribution in [0.25, 0.3) is 0 Å². The van der Waals surface area contributed by atoms with Gasteiger partial charge >= 0.3 is 5.97 Å². The average Bonchev–Trinajstić information content (AvgIpc) is 2.29. The first-order valence-corrected chi connectivity index (χ1v) is 5.48. The van der Waals surface area contributed by atoms with Crippen LogP contribution in [0.1, 0.15) is 0 Å². The van der Waals surface area contributed by atoms with Gasteiger partial charge in [-0.15, -0.1) is 0 Å². The Labute approximate surface area is 103 Å². The van der Waals surface area contributed by atoms with Crippen LogP contribution in [0.3, 0.4) is 0 Å². The first-order valence-electron chi connectivity index (χ1n) is 5.48. The van der Waals surface area contributed by atoms with E-state index >= 15 is 0 Å². The van der Waals surface area contributed by atoms with E-state index in [1.165, 1.54) is 18.2 Å². The second kappa shape index (κ2) is 4.73. The maximum absolute atomic E-state index is 13.7. The van der Waals surface area contributed by atoms with Crippen molar-refractivity contribution in [3.05, 3.63) is 30.1 Å². The van der Waals surface area contributed by atoms with E-state index in [1.807, 2.05) is 0 Å². The lowest BCUT2D eigenvalue weighted by Crippen LogP contribution is -2.58. The zero-order chi connectivity index (χ0) is 13.3. The summed E-state index contributed by atoms with van der Waals surface area (Å²) in [6.07, 6.45) is 0. The Bertz CT molecular complexity index is 492. The summed E-state index contributed by atoms with van der Waals surface area (Å²) in [5, 5.41) is 9.15. The number of carbonyl (C=O) groups is 2. The number of halogens is 1. The van der Waals surface area contributed by atoms with Crippen molar-refractivity contribution in [2.75, 3.05) is 25.0 Å². The lowest BCUT2D eigenvalue weighted by Gasteiger charge is -2.37. The minimum absolute atomic E-state index is 0.0167. The fraction of sp³-hybridized carbons (Fsp3) is 0.333. The number of likely N-dealkylation sites (N-methyl/N-ethyl adjacent to an activating group) is 1. The molecule has 1 heterocycles. The van der Waals surface area contributed by atoms with Crippen LogP contribution in [0.2, 0.25) is 0 Å². The van der Waals surface area contributed by atoms with Crippen LogP contribution < -0.4 is 4.90 Å². The second-order valence-electron chi connectivity index (χ2n) is 4.27. The monoisotopic (exact) mass is 252 g/mol. The molecule has 0 spiro atoms. The first kappa shape index (κ1) is 12.5. The number of nitrogens with zero attached hydrogens (tertiary/aromatic N) is 2. The maximum Gasteiger partial charge on any atom is 0.328 e. The third kappa shape index (κ3) is 2.19. The number of carboxylic acids is 1. The van der Waals surface area contributed by atoms with Gasteiger partial charge in [0.05, 0.1) is 12.2 Å². The smallest absolute Gasteiger partial charge is 0.328 e. The van der Waals surface area contributed by atoms with E-state index in [0.717, 1.165) is 4.90 Å². The van der Waals surface area contributed by atoms with E-state index in [1.54, 1.807) is 18.0 Å². The Balaban J connectivity index is 2.42. The predicted molar refractivity (Wildman–Crippen MR) is 62.8 cm³/mol. The van der Waals surface area contributed by atoms with Crippen molar-refractivity contribution in [2.24, 2.45) is 0 Å². The van der Waals surface area contributed by atoms with Crippen molar-refractivity contribution in [3.8, 4) is 0 Å². The van der Waals surface area contributed by atoms with Crippen LogP contribution in [0, 0.1) is 5.82 Å². The molecule has 1 aromatic carbocycles. The number of hydrogen-bond donors (Lipinski definition) is 1. The largest absolute Gasteiger partial charge is 0.480 e. The van der Waals surface area contributed by atoms with E-state index in [-0.39, 0.29) is 18.8 Å². The molecule has 1 amide bonds. The molecule has 0 bridgehead atoms. The van der Waals surface area contributed by atoms with Gasteiger partial charge in [0.2, 0.25) is 5.91 Å². The Kier molecular flexibility index (Phi) is 3.29. The number of amides is 1. The normalized spacial score (nSPS) is 21.1. The van der Waals surface area contributed by atoms with E-state index in [9.17, 15) is 14.0 Å². The molecule has 1 unspecified atom stereocenters. The van der Waals surface area contributed by atoms with Crippen LogP contribution in [-0.4, -0.2) is 48.1 Å². The second-order valence-corrected chi connectivity index (χ2v) is 4.27. The molecule has 1 atom stereocenters. The highest BCUT2D eigenvalue weighted by atomic mass is 19.1. The average molecular weight is 252 g/mol. The predicted octanol–water partition coefficient (Wildman–Crippen LogP) is 0.557. The summed E-state index contributed by atoms with van der Waals surface area (Å²) in [5.74, 6) is -2.15. The molecule has 0 radical (unpaired) electrons. The van der Waals surface area contributed by atoms with E-state index < -0.39 is 23.7 Å². The summed E-state index contributed by atoms with van der Waals surface area (Å²) >= 11 is 0. The van der Waals surface area contributed by atoms with Crippen molar-refractivity contribution in [3.63, 3.8) is 0 Å². The summed E-state index contributed by atoms with van der Waals surface area (Å²) in [6, 6.07) is 4.63. The van der Waals surface area contributed by atoms with Gasteiger partial charge in [-0.1, -0.05) is 12.1 Å². The molecule has 0 aromatic heterocycles. The van der Waals surface area contributed by atoms with Crippen LogP contribution in [0.15, 0.2) is 24.3 Å². The van der Waals surface area contributed by atoms with Gasteiger partial charge in [0.15, 0.2) is 0 Å². The summed E-state index contributed by atoms with van der Waals surface area (Å²) in [5.41, 5.74) is 0.0167. The summed E-state index contributed by atoms with van der Waals surface area (Å²) < 4.78 is 13.7. The molecule has 96 valence electrons. The number of carboxylic acid groups (broad SMARTS) is 1. The quantitative estimate of drug-likeness (QED) is 0.835. The van der Waals surface area contributed by atoms with Crippen LogP contribution in [0.5, 0.6) is 0 Å². The molecule has 0 aliphatic carbocycles. The van der Waals surface area contributed by atoms with Crippen molar-refractivity contribution in [2.45, 2.75) is 6.04 Å². The third-order valence-corrected chi connectivity index (χ3v) is 2.87. The minimum atomic E-state index is -1.14. The number of carbonyl (C=O) groups excluding carboxylic acids is 1. The Morgan fingerprint density at radius 3 is 2.72 bits per heavy atom. The number of aliphatic carboxylic acids is 1. The molecule has 0 saturated carbocycles. The van der Waals surface area contributed by atoms with Gasteiger partial charge in [0.1, 0.15) is 11.9 Å². The Morgan fingerprint density at radius 1 is 1.44 bits per heavy atom. The number of benzene rings is 1. The summed E-state index contributed by atoms with van der Waals surface area (Å²) in [7, 11) is 1.66. The minimum Gasteiger partial charge on any atom is -0.480 e. The van der Waals surface area contributed by atoms with Crippen LogP contribution in [0.4, 0.5) is 10.1 Å². The van der Waals surface area contributed by atoms with Gasteiger partial charge in [-0.05, 0) is 19.2 Å². The number of hydrogen-bond acceptors (Lipinski definition) is 3. The lowest BCUT2D eigenvalue weighted by atomic mass is 10.1. The Morgan fingerprint density at radius 2 is 2.11 bits per heavy atom. The van der Waals surface area contributed by atoms with E-state index in [0.29, 0.717) is 0 Å². The molecule has 1 saturated heterocycles. The Hall–Kier alpha value is -1.95. The topological polar surface area (TPSA) is 60.9 Å². The highest BCUT2D eigenvalue weighted by Crippen LogP contribution is 2.24. The van der Waals surface area contributed by atoms with Crippen molar-refractivity contribution in [1.82, 2.24) is 4.90 Å². The van der Waals surface area contributed by atoms with Crippen molar-refractivity contribution in [1.29, 1.82) is 0 Å². The van der Waals surface area contributed by atoms with Crippen LogP contribution in [-0.2, 0) is 9.59 Å². The van der Waals surface area contributed by atoms with Crippen molar-refractivity contribution < 1.29 is 19.1 Å². The highest BCUT2D eigenvalue weighted by molar-refractivity contribution is 6.01. The van der Waals surface area contributed by atoms with Gasteiger partial charge in [-0.3, -0.25) is 14.6 Å². The fourth-order valence-electron chi connectivity index (χ4n) is 2.06. The molecule has 1 aliphatic rings. The summed E-state index contributed by atoms with van der Waals surface area (Å²) in [6.45, 7) is 0.257. The molecule has 18 heavy (non-hydrogen) atoms. The molecule has 5 nitrogen and oxygen atoms in total. The zero-order valence-corrected chi connectivity index (χ0v) is 9.84. The molecule has 6 heteroatoms. The number of rotatable bonds is 2. The molecule has 1 N–H and O–H groups in total. The SMILES string of the molecule is CN1CC(=O)N(c2ccccc2F)C(C(=O)O)C1. The van der Waals surface area contributed by atoms with Gasteiger partial charge < -0.3 is 5.11 Å². The summed E-state index contributed by atoms with van der Waals surface area (Å²) in [4.78, 5) is 25.8. The number of para-hydroxylation sites is 1. The molecule has 1 aromatic rings. The van der Waals surface area contributed by atoms with Gasteiger partial charge in [0.25, 0.3) is 0 Å². The molecular formula is C12H13FN2O3. The number of anilines is 1. The lowest BCUT2D eigenvalue weighted by molar-refractivity contribution is -0.142. The number of piperazine rings is 1. The molecule has 2 rings (SSSR count). The van der Waals surface area contributed by atoms with Gasteiger partial charge in [0, 0.05) is 6.54 Å². The molecular weight excluding hydrogens is 239 g/mol. The fourth-order valence-corrected chi connectivity index (χ4v) is 2.06. The van der Waals surface area contributed by atoms with Crippen LogP contribution >= 0.6 is 0 Å². The molecule has 1 fully saturated rings. The van der Waals surface area contributed by atoms with E-state index in [4.69, 9.17) is 5.11 Å². The van der Waals surface area contributed by atoms with Gasteiger partial charge in [-0.25, -0.2) is 9.18 Å². The first-order chi connectivity index (χ1) is 8.50. The van der Waals surface area contributed by atoms with E-state index in [2.05, 4.69) is 0 Å².